The molecule has 9 heteroatoms. The predicted octanol–water partition coefficient (Wildman–Crippen LogP) is 6.31. The van der Waals surface area contributed by atoms with Gasteiger partial charge in [0.25, 0.3) is 5.91 Å². The number of benzene rings is 2. The Morgan fingerprint density at radius 2 is 2.00 bits per heavy atom. The van der Waals surface area contributed by atoms with Crippen LogP contribution in [0.3, 0.4) is 0 Å². The second-order valence-corrected chi connectivity index (χ2v) is 11.9. The molecule has 3 atom stereocenters. The van der Waals surface area contributed by atoms with Crippen molar-refractivity contribution in [2.24, 2.45) is 10.7 Å². The zero-order chi connectivity index (χ0) is 29.4. The number of allylic oxidation sites excluding steroid dienone is 1. The minimum absolute atomic E-state index is 0.0170. The summed E-state index contributed by atoms with van der Waals surface area (Å²) in [4.78, 5) is 33.4. The molecule has 0 aliphatic carbocycles. The van der Waals surface area contributed by atoms with E-state index in [0.717, 1.165) is 16.9 Å². The number of fused-ring (bicyclic) bond motifs is 4. The van der Waals surface area contributed by atoms with Gasteiger partial charge in [-0.15, -0.1) is 0 Å². The Bertz CT molecular complexity index is 1390. The van der Waals surface area contributed by atoms with Gasteiger partial charge in [-0.05, 0) is 74.9 Å². The maximum absolute atomic E-state index is 13.6. The maximum Gasteiger partial charge on any atom is 0.251 e. The molecular formula is C32H38F2N4O3. The summed E-state index contributed by atoms with van der Waals surface area (Å²) >= 11 is 0. The fraction of sp³-hybridized carbons (Fsp3) is 0.469. The molecule has 4 aliphatic rings. The molecule has 0 unspecified atom stereocenters. The van der Waals surface area contributed by atoms with Crippen molar-refractivity contribution in [3.05, 3.63) is 70.8 Å². The van der Waals surface area contributed by atoms with Crippen molar-refractivity contribution >= 4 is 23.8 Å². The summed E-state index contributed by atoms with van der Waals surface area (Å²) in [5, 5.41) is 3.17. The normalized spacial score (nSPS) is 26.5. The van der Waals surface area contributed by atoms with Gasteiger partial charge in [0.1, 0.15) is 11.4 Å². The molecule has 0 saturated carbocycles. The number of rotatable bonds is 4. The largest absolute Gasteiger partial charge is 0.487 e. The number of hydrogen-bond donors (Lipinski definition) is 2. The van der Waals surface area contributed by atoms with Gasteiger partial charge < -0.3 is 15.8 Å². The Morgan fingerprint density at radius 1 is 1.20 bits per heavy atom. The summed E-state index contributed by atoms with van der Waals surface area (Å²) in [5.74, 6) is 0.222. The summed E-state index contributed by atoms with van der Waals surface area (Å²) in [6.45, 7) is 5.97. The Morgan fingerprint density at radius 3 is 2.73 bits per heavy atom. The maximum atomic E-state index is 13.6. The van der Waals surface area contributed by atoms with Crippen LogP contribution in [-0.2, 0) is 4.79 Å². The highest BCUT2D eigenvalue weighted by atomic mass is 19.3. The zero-order valence-corrected chi connectivity index (χ0v) is 23.8. The molecule has 0 spiro atoms. The van der Waals surface area contributed by atoms with Crippen LogP contribution in [0.2, 0.25) is 0 Å². The van der Waals surface area contributed by atoms with Gasteiger partial charge in [-0.2, -0.15) is 0 Å². The van der Waals surface area contributed by atoms with E-state index in [1.54, 1.807) is 24.3 Å². The lowest BCUT2D eigenvalue weighted by Crippen LogP contribution is -2.52. The summed E-state index contributed by atoms with van der Waals surface area (Å²) in [6, 6.07) is 11.7. The number of aliphatic imine (C=N–C) groups is 1. The molecule has 7 nitrogen and oxygen atoms in total. The number of carbonyl (C=O) groups excluding carboxylic acids is 2. The number of hydrogen-bond acceptors (Lipinski definition) is 5. The molecule has 0 aromatic heterocycles. The quantitative estimate of drug-likeness (QED) is 0.455. The summed E-state index contributed by atoms with van der Waals surface area (Å²) in [5.41, 5.74) is 8.11. The SMILES string of the molecule is CC[C@@]12CC/C=C\c3ccc4c(c3)[C@H](CC(C)(C)O4)NC(=O)c3cccc(c3)[C@@H](CCC(F)F)N(C(=O)C1)C(N)=N2. The molecule has 6 bridgehead atoms. The topological polar surface area (TPSA) is 97.0 Å². The van der Waals surface area contributed by atoms with E-state index in [1.165, 1.54) is 4.90 Å². The number of nitrogens with one attached hydrogen (secondary N) is 1. The van der Waals surface area contributed by atoms with Crippen molar-refractivity contribution in [3.63, 3.8) is 0 Å². The van der Waals surface area contributed by atoms with Gasteiger partial charge in [-0.3, -0.25) is 14.5 Å². The molecule has 218 valence electrons. The van der Waals surface area contributed by atoms with Crippen molar-refractivity contribution in [1.29, 1.82) is 0 Å². The number of alkyl halides is 2. The van der Waals surface area contributed by atoms with Crippen molar-refractivity contribution < 1.29 is 23.1 Å². The third kappa shape index (κ3) is 6.14. The zero-order valence-electron chi connectivity index (χ0n) is 23.8. The van der Waals surface area contributed by atoms with Crippen LogP contribution in [0.1, 0.15) is 105 Å². The van der Waals surface area contributed by atoms with Crippen LogP contribution in [0.5, 0.6) is 5.75 Å². The van der Waals surface area contributed by atoms with Crippen LogP contribution < -0.4 is 15.8 Å². The molecule has 2 amide bonds. The number of ether oxygens (including phenoxy) is 1. The number of guanidine groups is 1. The molecule has 0 radical (unpaired) electrons. The van der Waals surface area contributed by atoms with Gasteiger partial charge >= 0.3 is 0 Å². The Hall–Kier alpha value is -3.75. The fourth-order valence-electron chi connectivity index (χ4n) is 6.22. The number of nitrogens with two attached hydrogens (primary N) is 1. The van der Waals surface area contributed by atoms with E-state index in [0.29, 0.717) is 36.8 Å². The van der Waals surface area contributed by atoms with E-state index in [-0.39, 0.29) is 36.7 Å². The summed E-state index contributed by atoms with van der Waals surface area (Å²) < 4.78 is 33.0. The molecular weight excluding hydrogens is 526 g/mol. The first-order chi connectivity index (χ1) is 19.5. The first kappa shape index (κ1) is 28.8. The smallest absolute Gasteiger partial charge is 0.251 e. The number of halogens is 2. The monoisotopic (exact) mass is 564 g/mol. The minimum atomic E-state index is -2.55. The average molecular weight is 565 g/mol. The van der Waals surface area contributed by atoms with Crippen LogP contribution in [-0.4, -0.2) is 40.2 Å². The van der Waals surface area contributed by atoms with Crippen LogP contribution >= 0.6 is 0 Å². The highest BCUT2D eigenvalue weighted by Crippen LogP contribution is 2.41. The Balaban J connectivity index is 1.61. The van der Waals surface area contributed by atoms with Crippen molar-refractivity contribution in [2.45, 2.75) is 95.4 Å². The van der Waals surface area contributed by atoms with E-state index >= 15 is 0 Å². The van der Waals surface area contributed by atoms with Crippen molar-refractivity contribution in [2.75, 3.05) is 0 Å². The molecule has 41 heavy (non-hydrogen) atoms. The van der Waals surface area contributed by atoms with Crippen LogP contribution in [0.4, 0.5) is 8.78 Å². The third-order valence-corrected chi connectivity index (χ3v) is 8.39. The average Bonchev–Trinajstić information content (AvgIpc) is 2.91. The number of carbonyl (C=O) groups is 2. The van der Waals surface area contributed by atoms with Crippen molar-refractivity contribution in [1.82, 2.24) is 10.2 Å². The number of nitrogens with zero attached hydrogens (tertiary/aromatic N) is 2. The predicted molar refractivity (Wildman–Crippen MR) is 155 cm³/mol. The Kier molecular flexibility index (Phi) is 7.90. The van der Waals surface area contributed by atoms with Gasteiger partial charge in [-0.25, -0.2) is 13.8 Å². The van der Waals surface area contributed by atoms with Gasteiger partial charge in [0, 0.05) is 24.0 Å². The molecule has 2 aromatic carbocycles. The number of amides is 2. The standard InChI is InChI=1S/C32H38F2N4O3/c1-4-32-15-6-5-8-20-11-13-26-23(16-20)24(18-31(2,3)41-26)36-29(40)22-10-7-9-21(17-22)25(12-14-27(33)34)38(28(39)19-32)30(35)37-32/h5,7-11,13,16-17,24-25,27H,4,6,12,14-15,18-19H2,1-3H3,(H2,35,37)(H,36,40)/b8-5-/t24-,25+,32+/m0/s1. The van der Waals surface area contributed by atoms with E-state index in [2.05, 4.69) is 11.4 Å². The fourth-order valence-corrected chi connectivity index (χ4v) is 6.22. The van der Waals surface area contributed by atoms with E-state index in [9.17, 15) is 18.4 Å². The van der Waals surface area contributed by atoms with E-state index in [4.69, 9.17) is 15.5 Å². The lowest BCUT2D eigenvalue weighted by Gasteiger charge is -2.40. The molecule has 0 saturated heterocycles. The van der Waals surface area contributed by atoms with Crippen molar-refractivity contribution in [3.8, 4) is 5.75 Å². The van der Waals surface area contributed by atoms with Gasteiger partial charge in [-0.1, -0.05) is 37.3 Å². The van der Waals surface area contributed by atoms with E-state index < -0.39 is 30.0 Å². The van der Waals surface area contributed by atoms with Gasteiger partial charge in [0.15, 0.2) is 5.96 Å². The molecule has 4 heterocycles. The van der Waals surface area contributed by atoms with Gasteiger partial charge in [0.05, 0.1) is 24.0 Å². The van der Waals surface area contributed by atoms with Crippen LogP contribution in [0, 0.1) is 0 Å². The second kappa shape index (κ2) is 11.3. The highest BCUT2D eigenvalue weighted by molar-refractivity contribution is 6.00. The summed E-state index contributed by atoms with van der Waals surface area (Å²) in [7, 11) is 0. The molecule has 2 aromatic rings. The molecule has 4 aliphatic heterocycles. The summed E-state index contributed by atoms with van der Waals surface area (Å²) in [6.07, 6.45) is 3.73. The first-order valence-electron chi connectivity index (χ1n) is 14.3. The minimum Gasteiger partial charge on any atom is -0.487 e. The lowest BCUT2D eigenvalue weighted by atomic mass is 9.84. The molecule has 0 fully saturated rings. The first-order valence-corrected chi connectivity index (χ1v) is 14.3. The van der Waals surface area contributed by atoms with Gasteiger partial charge in [0.2, 0.25) is 12.3 Å². The highest BCUT2D eigenvalue weighted by Gasteiger charge is 2.41. The molecule has 3 N–H and O–H groups in total. The lowest BCUT2D eigenvalue weighted by molar-refractivity contribution is -0.132. The van der Waals surface area contributed by atoms with Crippen LogP contribution in [0.15, 0.2) is 53.5 Å². The Labute approximate surface area is 239 Å². The molecule has 6 rings (SSSR count). The van der Waals surface area contributed by atoms with E-state index in [1.807, 2.05) is 45.0 Å². The third-order valence-electron chi connectivity index (χ3n) is 8.39. The second-order valence-electron chi connectivity index (χ2n) is 11.9. The van der Waals surface area contributed by atoms with Crippen LogP contribution in [0.25, 0.3) is 6.08 Å².